The van der Waals surface area contributed by atoms with Gasteiger partial charge in [-0.05, 0) is 19.4 Å². The average Bonchev–Trinajstić information content (AvgIpc) is 2.73. The second-order valence-electron chi connectivity index (χ2n) is 3.81. The Hall–Kier alpha value is -1.88. The van der Waals surface area contributed by atoms with Gasteiger partial charge in [-0.1, -0.05) is 41.2 Å². The summed E-state index contributed by atoms with van der Waals surface area (Å²) in [4.78, 5) is 25.9. The first-order chi connectivity index (χ1) is 8.61. The summed E-state index contributed by atoms with van der Waals surface area (Å²) in [7, 11) is 0. The lowest BCUT2D eigenvalue weighted by atomic mass is 10.1. The number of hydrogen-bond acceptors (Lipinski definition) is 4. The lowest BCUT2D eigenvalue weighted by Crippen LogP contribution is -2.03. The van der Waals surface area contributed by atoms with E-state index >= 15 is 0 Å². The number of aromatic amines is 1. The summed E-state index contributed by atoms with van der Waals surface area (Å²) >= 11 is 0.876. The first-order valence-electron chi connectivity index (χ1n) is 5.59. The van der Waals surface area contributed by atoms with Crippen molar-refractivity contribution in [3.8, 4) is 11.3 Å². The number of thiazole rings is 1. The highest BCUT2D eigenvalue weighted by Gasteiger charge is 2.18. The Balaban J connectivity index is 2.47. The SMILES string of the molecule is CCOC(=O)c1sc(=O)[nH]c1-c1ccc(C)cc1. The summed E-state index contributed by atoms with van der Waals surface area (Å²) in [6.45, 7) is 4.00. The van der Waals surface area contributed by atoms with Crippen LogP contribution in [0.5, 0.6) is 0 Å². The van der Waals surface area contributed by atoms with Crippen LogP contribution in [0.15, 0.2) is 29.1 Å². The van der Waals surface area contributed by atoms with Gasteiger partial charge in [0.2, 0.25) is 0 Å². The maximum absolute atomic E-state index is 11.7. The molecule has 0 aliphatic heterocycles. The molecule has 0 atom stereocenters. The minimum Gasteiger partial charge on any atom is -0.462 e. The summed E-state index contributed by atoms with van der Waals surface area (Å²) in [5.41, 5.74) is 2.46. The van der Waals surface area contributed by atoms with Gasteiger partial charge in [0.1, 0.15) is 4.88 Å². The third kappa shape index (κ3) is 2.51. The van der Waals surface area contributed by atoms with Crippen LogP contribution in [0.3, 0.4) is 0 Å². The van der Waals surface area contributed by atoms with E-state index in [1.54, 1.807) is 6.92 Å². The molecule has 0 saturated carbocycles. The van der Waals surface area contributed by atoms with Crippen LogP contribution in [0.4, 0.5) is 0 Å². The minimum atomic E-state index is -0.462. The Morgan fingerprint density at radius 2 is 2.00 bits per heavy atom. The van der Waals surface area contributed by atoms with E-state index in [-0.39, 0.29) is 11.5 Å². The molecule has 1 heterocycles. The Labute approximate surface area is 108 Å². The molecule has 0 amide bonds. The van der Waals surface area contributed by atoms with Crippen LogP contribution >= 0.6 is 11.3 Å². The average molecular weight is 263 g/mol. The van der Waals surface area contributed by atoms with Crippen molar-refractivity contribution in [2.24, 2.45) is 0 Å². The van der Waals surface area contributed by atoms with Crippen molar-refractivity contribution in [1.29, 1.82) is 0 Å². The molecule has 0 radical (unpaired) electrons. The number of rotatable bonds is 3. The number of benzene rings is 1. The summed E-state index contributed by atoms with van der Waals surface area (Å²) in [6.07, 6.45) is 0. The fourth-order valence-electron chi connectivity index (χ4n) is 1.59. The van der Waals surface area contributed by atoms with E-state index in [0.29, 0.717) is 10.6 Å². The molecule has 1 aromatic carbocycles. The van der Waals surface area contributed by atoms with Crippen molar-refractivity contribution >= 4 is 17.3 Å². The first kappa shape index (κ1) is 12.6. The summed E-state index contributed by atoms with van der Waals surface area (Å²) in [5, 5.41) is 0. The Kier molecular flexibility index (Phi) is 3.62. The zero-order valence-electron chi connectivity index (χ0n) is 10.1. The molecule has 1 aromatic heterocycles. The highest BCUT2D eigenvalue weighted by molar-refractivity contribution is 7.11. The Morgan fingerprint density at radius 1 is 1.33 bits per heavy atom. The highest BCUT2D eigenvalue weighted by Crippen LogP contribution is 2.24. The number of hydrogen-bond donors (Lipinski definition) is 1. The number of nitrogens with one attached hydrogen (secondary N) is 1. The van der Waals surface area contributed by atoms with Crippen molar-refractivity contribution in [2.75, 3.05) is 6.61 Å². The molecule has 0 bridgehead atoms. The molecule has 2 aromatic rings. The number of aromatic nitrogens is 1. The molecule has 0 aliphatic rings. The van der Waals surface area contributed by atoms with E-state index < -0.39 is 5.97 Å². The zero-order chi connectivity index (χ0) is 13.1. The van der Waals surface area contributed by atoms with Crippen molar-refractivity contribution in [1.82, 2.24) is 4.98 Å². The van der Waals surface area contributed by atoms with E-state index in [9.17, 15) is 9.59 Å². The van der Waals surface area contributed by atoms with Gasteiger partial charge in [-0.3, -0.25) is 4.79 Å². The fraction of sp³-hybridized carbons (Fsp3) is 0.231. The topological polar surface area (TPSA) is 59.2 Å². The molecule has 0 aliphatic carbocycles. The third-order valence-corrected chi connectivity index (χ3v) is 3.31. The van der Waals surface area contributed by atoms with E-state index in [2.05, 4.69) is 4.98 Å². The van der Waals surface area contributed by atoms with Crippen molar-refractivity contribution < 1.29 is 9.53 Å². The predicted molar refractivity (Wildman–Crippen MR) is 71.1 cm³/mol. The number of carbonyl (C=O) groups excluding carboxylic acids is 1. The monoisotopic (exact) mass is 263 g/mol. The summed E-state index contributed by atoms with van der Waals surface area (Å²) < 4.78 is 4.94. The zero-order valence-corrected chi connectivity index (χ0v) is 11.0. The number of esters is 1. The van der Waals surface area contributed by atoms with Gasteiger partial charge in [-0.15, -0.1) is 0 Å². The lowest BCUT2D eigenvalue weighted by molar-refractivity contribution is 0.0532. The fourth-order valence-corrected chi connectivity index (χ4v) is 2.34. The molecular weight excluding hydrogens is 250 g/mol. The largest absolute Gasteiger partial charge is 0.462 e. The summed E-state index contributed by atoms with van der Waals surface area (Å²) in [5.74, 6) is -0.462. The molecule has 4 nitrogen and oxygen atoms in total. The van der Waals surface area contributed by atoms with Gasteiger partial charge in [-0.25, -0.2) is 4.79 Å². The number of ether oxygens (including phenoxy) is 1. The second kappa shape index (κ2) is 5.18. The molecule has 0 saturated heterocycles. The molecule has 94 valence electrons. The quantitative estimate of drug-likeness (QED) is 0.866. The van der Waals surface area contributed by atoms with Crippen LogP contribution in [-0.4, -0.2) is 17.6 Å². The Bertz CT molecular complexity index is 610. The van der Waals surface area contributed by atoms with E-state index in [0.717, 1.165) is 22.5 Å². The first-order valence-corrected chi connectivity index (χ1v) is 6.40. The number of aryl methyl sites for hydroxylation is 1. The van der Waals surface area contributed by atoms with Gasteiger partial charge >= 0.3 is 10.8 Å². The molecule has 2 rings (SSSR count). The normalized spacial score (nSPS) is 10.3. The number of H-pyrrole nitrogens is 1. The van der Waals surface area contributed by atoms with Gasteiger partial charge in [0.15, 0.2) is 0 Å². The Morgan fingerprint density at radius 3 is 2.61 bits per heavy atom. The van der Waals surface area contributed by atoms with Gasteiger partial charge in [0.25, 0.3) is 0 Å². The maximum Gasteiger partial charge on any atom is 0.350 e. The van der Waals surface area contributed by atoms with Crippen LogP contribution in [0, 0.1) is 6.92 Å². The van der Waals surface area contributed by atoms with Gasteiger partial charge in [-0.2, -0.15) is 0 Å². The van der Waals surface area contributed by atoms with Crippen LogP contribution in [0.25, 0.3) is 11.3 Å². The molecule has 0 fully saturated rings. The van der Waals surface area contributed by atoms with Crippen LogP contribution in [0.1, 0.15) is 22.2 Å². The molecule has 5 heteroatoms. The van der Waals surface area contributed by atoms with Gasteiger partial charge in [0, 0.05) is 0 Å². The standard InChI is InChI=1S/C13H13NO3S/c1-3-17-12(15)11-10(14-13(16)18-11)9-6-4-8(2)5-7-9/h4-7H,3H2,1-2H3,(H,14,16). The van der Waals surface area contributed by atoms with Crippen molar-refractivity contribution in [3.05, 3.63) is 44.4 Å². The van der Waals surface area contributed by atoms with E-state index in [1.807, 2.05) is 31.2 Å². The predicted octanol–water partition coefficient (Wildman–Crippen LogP) is 2.59. The van der Waals surface area contributed by atoms with Gasteiger partial charge in [0.05, 0.1) is 12.3 Å². The second-order valence-corrected chi connectivity index (χ2v) is 4.79. The highest BCUT2D eigenvalue weighted by atomic mass is 32.1. The number of carbonyl (C=O) groups is 1. The van der Waals surface area contributed by atoms with E-state index in [4.69, 9.17) is 4.74 Å². The van der Waals surface area contributed by atoms with E-state index in [1.165, 1.54) is 0 Å². The van der Waals surface area contributed by atoms with Crippen molar-refractivity contribution in [3.63, 3.8) is 0 Å². The minimum absolute atomic E-state index is 0.256. The van der Waals surface area contributed by atoms with Crippen LogP contribution < -0.4 is 4.87 Å². The van der Waals surface area contributed by atoms with Crippen LogP contribution in [0.2, 0.25) is 0 Å². The molecule has 0 unspecified atom stereocenters. The molecule has 1 N–H and O–H groups in total. The summed E-state index contributed by atoms with van der Waals surface area (Å²) in [6, 6.07) is 7.60. The van der Waals surface area contributed by atoms with Crippen molar-refractivity contribution in [2.45, 2.75) is 13.8 Å². The third-order valence-electron chi connectivity index (χ3n) is 2.45. The molecular formula is C13H13NO3S. The van der Waals surface area contributed by atoms with Crippen LogP contribution in [-0.2, 0) is 4.74 Å². The van der Waals surface area contributed by atoms with Gasteiger partial charge < -0.3 is 9.72 Å². The smallest absolute Gasteiger partial charge is 0.350 e. The lowest BCUT2D eigenvalue weighted by Gasteiger charge is -2.03. The maximum atomic E-state index is 11.7. The molecule has 0 spiro atoms. The molecule has 18 heavy (non-hydrogen) atoms.